The summed E-state index contributed by atoms with van der Waals surface area (Å²) in [7, 11) is -3.67. The normalized spacial score (nSPS) is 16.1. The molecular weight excluding hydrogens is 384 g/mol. The van der Waals surface area contributed by atoms with Gasteiger partial charge in [-0.2, -0.15) is 0 Å². The van der Waals surface area contributed by atoms with Gasteiger partial charge in [0, 0.05) is 12.1 Å². The second-order valence-corrected chi connectivity index (χ2v) is 9.66. The highest BCUT2D eigenvalue weighted by atomic mass is 32.2. The molecule has 0 heterocycles. The van der Waals surface area contributed by atoms with Crippen molar-refractivity contribution >= 4 is 15.9 Å². The lowest BCUT2D eigenvalue weighted by Crippen LogP contribution is -2.29. The Hall–Kier alpha value is -2.18. The van der Waals surface area contributed by atoms with Crippen LogP contribution in [0.25, 0.3) is 0 Å². The van der Waals surface area contributed by atoms with Crippen LogP contribution in [0.1, 0.15) is 79.0 Å². The molecule has 1 atom stereocenters. The average molecular weight is 415 g/mol. The van der Waals surface area contributed by atoms with Crippen LogP contribution in [-0.2, 0) is 16.4 Å². The first-order chi connectivity index (χ1) is 13.8. The lowest BCUT2D eigenvalue weighted by Gasteiger charge is -2.17. The van der Waals surface area contributed by atoms with E-state index >= 15 is 0 Å². The molecule has 29 heavy (non-hydrogen) atoms. The largest absolute Gasteiger partial charge is 0.345 e. The quantitative estimate of drug-likeness (QED) is 0.632. The Balaban J connectivity index is 1.86. The number of carbonyl (C=O) groups is 1. The average Bonchev–Trinajstić information content (AvgIpc) is 3.10. The van der Waals surface area contributed by atoms with Crippen LogP contribution in [0.2, 0.25) is 0 Å². The third-order valence-electron chi connectivity index (χ3n) is 5.45. The standard InChI is InChI=1S/C23H30N2O3S/c1-4-5-14-24-29(27,28)22-15-18(10-12-19(22)16(2)3)23(26)25-21-13-11-17-8-6-7-9-20(17)21/h6-10,12,15-16,21,24H,4-5,11,13-14H2,1-3H3,(H,25,26). The summed E-state index contributed by atoms with van der Waals surface area (Å²) in [6.45, 7) is 6.32. The van der Waals surface area contributed by atoms with E-state index in [1.807, 2.05) is 39.0 Å². The van der Waals surface area contributed by atoms with Crippen LogP contribution in [0, 0.1) is 0 Å². The van der Waals surface area contributed by atoms with Crippen LogP contribution < -0.4 is 10.0 Å². The summed E-state index contributed by atoms with van der Waals surface area (Å²) < 4.78 is 28.4. The van der Waals surface area contributed by atoms with Crippen molar-refractivity contribution in [3.05, 3.63) is 64.7 Å². The molecule has 0 fully saturated rings. The van der Waals surface area contributed by atoms with Gasteiger partial charge in [0.2, 0.25) is 10.0 Å². The molecule has 0 aliphatic heterocycles. The Bertz CT molecular complexity index is 983. The van der Waals surface area contributed by atoms with Gasteiger partial charge in [-0.1, -0.05) is 57.5 Å². The molecule has 2 aromatic carbocycles. The van der Waals surface area contributed by atoms with Crippen molar-refractivity contribution in [1.29, 1.82) is 0 Å². The first-order valence-electron chi connectivity index (χ1n) is 10.4. The second-order valence-electron chi connectivity index (χ2n) is 7.92. The van der Waals surface area contributed by atoms with E-state index in [4.69, 9.17) is 0 Å². The number of hydrogen-bond donors (Lipinski definition) is 2. The SMILES string of the molecule is CCCCNS(=O)(=O)c1cc(C(=O)NC2CCc3ccccc32)ccc1C(C)C. The number of carbonyl (C=O) groups excluding carboxylic acids is 1. The molecule has 2 aromatic rings. The van der Waals surface area contributed by atoms with Crippen LogP contribution >= 0.6 is 0 Å². The van der Waals surface area contributed by atoms with E-state index in [-0.39, 0.29) is 22.8 Å². The number of amides is 1. The van der Waals surface area contributed by atoms with Gasteiger partial charge in [-0.25, -0.2) is 13.1 Å². The van der Waals surface area contributed by atoms with Gasteiger partial charge in [0.15, 0.2) is 0 Å². The first kappa shape index (κ1) is 21.5. The summed E-state index contributed by atoms with van der Waals surface area (Å²) >= 11 is 0. The van der Waals surface area contributed by atoms with Crippen LogP contribution in [0.15, 0.2) is 47.4 Å². The molecule has 2 N–H and O–H groups in total. The number of nitrogens with one attached hydrogen (secondary N) is 2. The molecule has 0 saturated carbocycles. The van der Waals surface area contributed by atoms with Gasteiger partial charge in [-0.15, -0.1) is 0 Å². The van der Waals surface area contributed by atoms with Crippen molar-refractivity contribution in [1.82, 2.24) is 10.0 Å². The minimum atomic E-state index is -3.67. The molecule has 6 heteroatoms. The van der Waals surface area contributed by atoms with Gasteiger partial charge < -0.3 is 5.32 Å². The predicted molar refractivity (Wildman–Crippen MR) is 116 cm³/mol. The molecule has 0 saturated heterocycles. The van der Waals surface area contributed by atoms with Crippen LogP contribution in [-0.4, -0.2) is 20.9 Å². The molecular formula is C23H30N2O3S. The van der Waals surface area contributed by atoms with Gasteiger partial charge in [0.25, 0.3) is 5.91 Å². The van der Waals surface area contributed by atoms with Crippen molar-refractivity contribution in [3.63, 3.8) is 0 Å². The summed E-state index contributed by atoms with van der Waals surface area (Å²) in [5.74, 6) is -0.210. The predicted octanol–water partition coefficient (Wildman–Crippen LogP) is 4.31. The zero-order chi connectivity index (χ0) is 21.0. The Morgan fingerprint density at radius 3 is 2.66 bits per heavy atom. The number of aryl methyl sites for hydroxylation is 1. The summed E-state index contributed by atoms with van der Waals surface area (Å²) in [6, 6.07) is 13.1. The maximum Gasteiger partial charge on any atom is 0.251 e. The minimum absolute atomic E-state index is 0.0339. The highest BCUT2D eigenvalue weighted by Crippen LogP contribution is 2.31. The summed E-state index contributed by atoms with van der Waals surface area (Å²) in [4.78, 5) is 13.1. The molecule has 1 aliphatic carbocycles. The van der Waals surface area contributed by atoms with E-state index in [2.05, 4.69) is 16.1 Å². The molecule has 1 aliphatic rings. The third kappa shape index (κ3) is 4.87. The molecule has 0 bridgehead atoms. The fraction of sp³-hybridized carbons (Fsp3) is 0.435. The van der Waals surface area contributed by atoms with Gasteiger partial charge in [-0.05, 0) is 54.0 Å². The smallest absolute Gasteiger partial charge is 0.251 e. The van der Waals surface area contributed by atoms with E-state index in [1.54, 1.807) is 12.1 Å². The number of rotatable bonds is 8. The van der Waals surface area contributed by atoms with E-state index in [0.717, 1.165) is 36.8 Å². The monoisotopic (exact) mass is 414 g/mol. The highest BCUT2D eigenvalue weighted by molar-refractivity contribution is 7.89. The minimum Gasteiger partial charge on any atom is -0.345 e. The Morgan fingerprint density at radius 2 is 1.93 bits per heavy atom. The topological polar surface area (TPSA) is 75.3 Å². The maximum atomic E-state index is 12.9. The molecule has 156 valence electrons. The Morgan fingerprint density at radius 1 is 1.17 bits per heavy atom. The molecule has 0 aromatic heterocycles. The number of unbranched alkanes of at least 4 members (excludes halogenated alkanes) is 1. The van der Waals surface area contributed by atoms with Gasteiger partial charge in [0.05, 0.1) is 10.9 Å². The highest BCUT2D eigenvalue weighted by Gasteiger charge is 2.26. The third-order valence-corrected chi connectivity index (χ3v) is 6.96. The Kier molecular flexibility index (Phi) is 6.75. The molecule has 3 rings (SSSR count). The number of hydrogen-bond acceptors (Lipinski definition) is 3. The van der Waals surface area contributed by atoms with Crippen molar-refractivity contribution in [2.45, 2.75) is 63.3 Å². The van der Waals surface area contributed by atoms with E-state index in [0.29, 0.717) is 12.1 Å². The van der Waals surface area contributed by atoms with Crippen molar-refractivity contribution in [3.8, 4) is 0 Å². The first-order valence-corrected chi connectivity index (χ1v) is 11.8. The second kappa shape index (κ2) is 9.09. The fourth-order valence-electron chi connectivity index (χ4n) is 3.80. The lowest BCUT2D eigenvalue weighted by molar-refractivity contribution is 0.0936. The zero-order valence-corrected chi connectivity index (χ0v) is 18.2. The van der Waals surface area contributed by atoms with E-state index < -0.39 is 10.0 Å². The van der Waals surface area contributed by atoms with Crippen molar-refractivity contribution < 1.29 is 13.2 Å². The Labute approximate surface area is 174 Å². The number of sulfonamides is 1. The summed E-state index contributed by atoms with van der Waals surface area (Å²) in [5.41, 5.74) is 3.50. The molecule has 0 radical (unpaired) electrons. The van der Waals surface area contributed by atoms with Crippen LogP contribution in [0.3, 0.4) is 0 Å². The van der Waals surface area contributed by atoms with Crippen molar-refractivity contribution in [2.75, 3.05) is 6.54 Å². The molecule has 1 unspecified atom stereocenters. The van der Waals surface area contributed by atoms with E-state index in [9.17, 15) is 13.2 Å². The van der Waals surface area contributed by atoms with Crippen molar-refractivity contribution in [2.24, 2.45) is 0 Å². The maximum absolute atomic E-state index is 12.9. The summed E-state index contributed by atoms with van der Waals surface area (Å²) in [5, 5.41) is 3.08. The molecule has 0 spiro atoms. The number of fused-ring (bicyclic) bond motifs is 1. The van der Waals surface area contributed by atoms with Crippen LogP contribution in [0.5, 0.6) is 0 Å². The van der Waals surface area contributed by atoms with Gasteiger partial charge in [-0.3, -0.25) is 4.79 Å². The molecule has 5 nitrogen and oxygen atoms in total. The van der Waals surface area contributed by atoms with Crippen LogP contribution in [0.4, 0.5) is 0 Å². The lowest BCUT2D eigenvalue weighted by atomic mass is 10.0. The fourth-order valence-corrected chi connectivity index (χ4v) is 5.26. The van der Waals surface area contributed by atoms with E-state index in [1.165, 1.54) is 11.6 Å². The summed E-state index contributed by atoms with van der Waals surface area (Å²) in [6.07, 6.45) is 3.48. The van der Waals surface area contributed by atoms with Gasteiger partial charge in [0.1, 0.15) is 0 Å². The molecule has 1 amide bonds. The zero-order valence-electron chi connectivity index (χ0n) is 17.4. The van der Waals surface area contributed by atoms with Gasteiger partial charge >= 0.3 is 0 Å². The number of benzene rings is 2.